The summed E-state index contributed by atoms with van der Waals surface area (Å²) in [5, 5.41) is 9.56. The Morgan fingerprint density at radius 3 is 2.26 bits per heavy atom. The molecule has 2 rings (SSSR count). The summed E-state index contributed by atoms with van der Waals surface area (Å²) in [6.07, 6.45) is 0. The lowest BCUT2D eigenvalue weighted by Gasteiger charge is -2.19. The van der Waals surface area contributed by atoms with Crippen molar-refractivity contribution < 1.29 is 14.3 Å². The Labute approximate surface area is 160 Å². The molecule has 0 atom stereocenters. The minimum atomic E-state index is -0.357. The SMILES string of the molecule is Cc1nn(C)c(C)c1NC(=O)CNC(=O)COc1ccc(C(C)(C)C)cc1. The van der Waals surface area contributed by atoms with Gasteiger partial charge in [-0.2, -0.15) is 5.10 Å². The fraction of sp³-hybridized carbons (Fsp3) is 0.450. The number of rotatable bonds is 6. The van der Waals surface area contributed by atoms with Gasteiger partial charge in [-0.15, -0.1) is 0 Å². The Kier molecular flexibility index (Phi) is 6.25. The van der Waals surface area contributed by atoms with Crippen LogP contribution in [0.4, 0.5) is 5.69 Å². The third-order valence-corrected chi connectivity index (χ3v) is 4.31. The summed E-state index contributed by atoms with van der Waals surface area (Å²) in [5.74, 6) is -0.0500. The monoisotopic (exact) mass is 372 g/mol. The first-order valence-electron chi connectivity index (χ1n) is 8.88. The van der Waals surface area contributed by atoms with Crippen molar-refractivity contribution in [2.24, 2.45) is 7.05 Å². The molecule has 2 amide bonds. The number of ether oxygens (including phenoxy) is 1. The van der Waals surface area contributed by atoms with Crippen molar-refractivity contribution >= 4 is 17.5 Å². The molecule has 1 heterocycles. The fourth-order valence-electron chi connectivity index (χ4n) is 2.57. The molecular formula is C20H28N4O3. The molecule has 0 radical (unpaired) electrons. The summed E-state index contributed by atoms with van der Waals surface area (Å²) in [6, 6.07) is 7.65. The molecule has 1 aromatic heterocycles. The number of aromatic nitrogens is 2. The van der Waals surface area contributed by atoms with Crippen LogP contribution in [0.15, 0.2) is 24.3 Å². The van der Waals surface area contributed by atoms with Crippen LogP contribution in [0.2, 0.25) is 0 Å². The van der Waals surface area contributed by atoms with Gasteiger partial charge in [0, 0.05) is 7.05 Å². The van der Waals surface area contributed by atoms with Crippen molar-refractivity contribution in [1.82, 2.24) is 15.1 Å². The summed E-state index contributed by atoms with van der Waals surface area (Å²) < 4.78 is 7.17. The van der Waals surface area contributed by atoms with E-state index in [-0.39, 0.29) is 30.4 Å². The summed E-state index contributed by atoms with van der Waals surface area (Å²) in [5.41, 5.74) is 3.52. The van der Waals surface area contributed by atoms with Gasteiger partial charge in [-0.05, 0) is 37.0 Å². The number of aryl methyl sites for hydroxylation is 2. The van der Waals surface area contributed by atoms with Crippen LogP contribution in [-0.2, 0) is 22.1 Å². The minimum absolute atomic E-state index is 0.0637. The number of carbonyl (C=O) groups is 2. The van der Waals surface area contributed by atoms with Crippen LogP contribution in [0.25, 0.3) is 0 Å². The topological polar surface area (TPSA) is 85.3 Å². The second-order valence-corrected chi connectivity index (χ2v) is 7.56. The largest absolute Gasteiger partial charge is 0.484 e. The van der Waals surface area contributed by atoms with Gasteiger partial charge < -0.3 is 15.4 Å². The van der Waals surface area contributed by atoms with Gasteiger partial charge in [0.25, 0.3) is 5.91 Å². The lowest BCUT2D eigenvalue weighted by atomic mass is 9.87. The van der Waals surface area contributed by atoms with Crippen LogP contribution in [0.1, 0.15) is 37.7 Å². The molecule has 2 aromatic rings. The molecule has 0 saturated carbocycles. The molecule has 0 unspecified atom stereocenters. The van der Waals surface area contributed by atoms with Crippen LogP contribution in [0.3, 0.4) is 0 Å². The van der Waals surface area contributed by atoms with Gasteiger partial charge in [0.05, 0.1) is 23.6 Å². The average Bonchev–Trinajstić information content (AvgIpc) is 2.84. The van der Waals surface area contributed by atoms with Crippen molar-refractivity contribution in [3.05, 3.63) is 41.2 Å². The summed E-state index contributed by atoms with van der Waals surface area (Å²) >= 11 is 0. The molecule has 1 aromatic carbocycles. The fourth-order valence-corrected chi connectivity index (χ4v) is 2.57. The number of amides is 2. The standard InChI is InChI=1S/C20H28N4O3/c1-13-19(14(2)24(6)23-13)22-17(25)11-21-18(26)12-27-16-9-7-15(8-10-16)20(3,4)5/h7-10H,11-12H2,1-6H3,(H,21,26)(H,22,25). The van der Waals surface area contributed by atoms with Crippen LogP contribution in [0.5, 0.6) is 5.75 Å². The molecule has 2 N–H and O–H groups in total. The van der Waals surface area contributed by atoms with Crippen molar-refractivity contribution in [2.45, 2.75) is 40.0 Å². The molecule has 0 bridgehead atoms. The van der Waals surface area contributed by atoms with Gasteiger partial charge in [-0.1, -0.05) is 32.9 Å². The Morgan fingerprint density at radius 1 is 1.11 bits per heavy atom. The quantitative estimate of drug-likeness (QED) is 0.816. The number of nitrogens with zero attached hydrogens (tertiary/aromatic N) is 2. The minimum Gasteiger partial charge on any atom is -0.484 e. The van der Waals surface area contributed by atoms with Crippen LogP contribution in [0, 0.1) is 13.8 Å². The predicted molar refractivity (Wildman–Crippen MR) is 105 cm³/mol. The highest BCUT2D eigenvalue weighted by atomic mass is 16.5. The zero-order chi connectivity index (χ0) is 20.2. The lowest BCUT2D eigenvalue weighted by molar-refractivity contribution is -0.125. The molecule has 0 aliphatic heterocycles. The van der Waals surface area contributed by atoms with Crippen LogP contribution < -0.4 is 15.4 Å². The Balaban J connectivity index is 1.78. The maximum Gasteiger partial charge on any atom is 0.258 e. The van der Waals surface area contributed by atoms with E-state index in [2.05, 4.69) is 36.5 Å². The zero-order valence-corrected chi connectivity index (χ0v) is 16.8. The van der Waals surface area contributed by atoms with Crippen molar-refractivity contribution in [1.29, 1.82) is 0 Å². The highest BCUT2D eigenvalue weighted by Gasteiger charge is 2.14. The highest BCUT2D eigenvalue weighted by molar-refractivity contribution is 5.95. The third kappa shape index (κ3) is 5.57. The maximum absolute atomic E-state index is 12.0. The first-order valence-corrected chi connectivity index (χ1v) is 8.88. The second kappa shape index (κ2) is 8.24. The van der Waals surface area contributed by atoms with E-state index >= 15 is 0 Å². The van der Waals surface area contributed by atoms with E-state index in [0.717, 1.165) is 11.4 Å². The number of hydrogen-bond acceptors (Lipinski definition) is 4. The van der Waals surface area contributed by atoms with E-state index in [1.54, 1.807) is 4.68 Å². The van der Waals surface area contributed by atoms with Gasteiger partial charge in [-0.3, -0.25) is 14.3 Å². The Morgan fingerprint density at radius 2 is 1.74 bits per heavy atom. The molecule has 7 nitrogen and oxygen atoms in total. The van der Waals surface area contributed by atoms with Gasteiger partial charge in [0.1, 0.15) is 5.75 Å². The molecule has 0 aliphatic carbocycles. The molecule has 0 spiro atoms. The molecular weight excluding hydrogens is 344 g/mol. The van der Waals surface area contributed by atoms with E-state index in [9.17, 15) is 9.59 Å². The number of anilines is 1. The summed E-state index contributed by atoms with van der Waals surface area (Å²) in [7, 11) is 1.81. The van der Waals surface area contributed by atoms with Gasteiger partial charge >= 0.3 is 0 Å². The normalized spacial score (nSPS) is 11.2. The Bertz CT molecular complexity index is 817. The summed E-state index contributed by atoms with van der Waals surface area (Å²) in [4.78, 5) is 23.9. The highest BCUT2D eigenvalue weighted by Crippen LogP contribution is 2.24. The van der Waals surface area contributed by atoms with Crippen molar-refractivity contribution in [2.75, 3.05) is 18.5 Å². The van der Waals surface area contributed by atoms with Gasteiger partial charge in [0.15, 0.2) is 6.61 Å². The average molecular weight is 372 g/mol. The lowest BCUT2D eigenvalue weighted by Crippen LogP contribution is -2.35. The third-order valence-electron chi connectivity index (χ3n) is 4.31. The van der Waals surface area contributed by atoms with E-state index in [0.29, 0.717) is 11.4 Å². The number of benzene rings is 1. The van der Waals surface area contributed by atoms with Gasteiger partial charge in [-0.25, -0.2) is 0 Å². The second-order valence-electron chi connectivity index (χ2n) is 7.56. The molecule has 27 heavy (non-hydrogen) atoms. The van der Waals surface area contributed by atoms with E-state index in [4.69, 9.17) is 4.74 Å². The Hall–Kier alpha value is -2.83. The van der Waals surface area contributed by atoms with Gasteiger partial charge in [0.2, 0.25) is 5.91 Å². The van der Waals surface area contributed by atoms with E-state index in [1.807, 2.05) is 45.2 Å². The summed E-state index contributed by atoms with van der Waals surface area (Å²) in [6.45, 7) is 9.82. The molecule has 0 fully saturated rings. The molecule has 146 valence electrons. The first kappa shape index (κ1) is 20.5. The van der Waals surface area contributed by atoms with E-state index in [1.165, 1.54) is 5.56 Å². The first-order chi connectivity index (χ1) is 12.6. The zero-order valence-electron chi connectivity index (χ0n) is 16.8. The number of hydrogen-bond donors (Lipinski definition) is 2. The maximum atomic E-state index is 12.0. The number of nitrogens with one attached hydrogen (secondary N) is 2. The van der Waals surface area contributed by atoms with Crippen LogP contribution in [-0.4, -0.2) is 34.7 Å². The molecule has 7 heteroatoms. The molecule has 0 aliphatic rings. The van der Waals surface area contributed by atoms with Crippen molar-refractivity contribution in [3.8, 4) is 5.75 Å². The van der Waals surface area contributed by atoms with Crippen LogP contribution >= 0.6 is 0 Å². The predicted octanol–water partition coefficient (Wildman–Crippen LogP) is 2.47. The van der Waals surface area contributed by atoms with E-state index < -0.39 is 0 Å². The number of carbonyl (C=O) groups excluding carboxylic acids is 2. The van der Waals surface area contributed by atoms with Crippen molar-refractivity contribution in [3.63, 3.8) is 0 Å². The molecule has 0 saturated heterocycles. The smallest absolute Gasteiger partial charge is 0.258 e.